The highest BCUT2D eigenvalue weighted by atomic mass is 35.5. The van der Waals surface area contributed by atoms with Gasteiger partial charge in [-0.1, -0.05) is 11.6 Å². The molecule has 10 heteroatoms. The topological polar surface area (TPSA) is 83.8 Å². The lowest BCUT2D eigenvalue weighted by Gasteiger charge is -2.23. The molecule has 1 amide bonds. The summed E-state index contributed by atoms with van der Waals surface area (Å²) < 4.78 is 40.8. The van der Waals surface area contributed by atoms with Crippen LogP contribution in [0.1, 0.15) is 22.5 Å². The van der Waals surface area contributed by atoms with Crippen LogP contribution in [0.25, 0.3) is 5.69 Å². The van der Waals surface area contributed by atoms with Gasteiger partial charge in [-0.15, -0.1) is 0 Å². The van der Waals surface area contributed by atoms with Crippen LogP contribution < -0.4 is 9.73 Å². The summed E-state index contributed by atoms with van der Waals surface area (Å²) in [4.78, 5) is 12.5. The van der Waals surface area contributed by atoms with Crippen molar-refractivity contribution >= 4 is 39.4 Å². The van der Waals surface area contributed by atoms with Crippen LogP contribution in [0.5, 0.6) is 0 Å². The van der Waals surface area contributed by atoms with E-state index in [1.165, 1.54) is 18.3 Å². The highest BCUT2D eigenvalue weighted by molar-refractivity contribution is 7.92. The summed E-state index contributed by atoms with van der Waals surface area (Å²) in [5.74, 6) is -0.916. The van der Waals surface area contributed by atoms with E-state index in [2.05, 4.69) is 10.5 Å². The second-order valence-corrected chi connectivity index (χ2v) is 9.98. The third kappa shape index (κ3) is 5.80. The molecule has 2 aromatic carbocycles. The minimum absolute atomic E-state index is 0.317. The molecule has 7 nitrogen and oxygen atoms in total. The van der Waals surface area contributed by atoms with Gasteiger partial charge in [-0.2, -0.15) is 5.10 Å². The van der Waals surface area contributed by atoms with E-state index >= 15 is 0 Å². The summed E-state index contributed by atoms with van der Waals surface area (Å²) >= 11 is 5.96. The van der Waals surface area contributed by atoms with Crippen LogP contribution in [-0.4, -0.2) is 37.9 Å². The smallest absolute Gasteiger partial charge is 0.260 e. The van der Waals surface area contributed by atoms with Crippen LogP contribution in [0.15, 0.2) is 53.6 Å². The van der Waals surface area contributed by atoms with E-state index in [9.17, 15) is 17.6 Å². The van der Waals surface area contributed by atoms with Crippen molar-refractivity contribution in [3.8, 4) is 5.69 Å². The first-order valence-electron chi connectivity index (χ1n) is 9.98. The molecule has 0 spiro atoms. The quantitative estimate of drug-likeness (QED) is 0.399. The maximum Gasteiger partial charge on any atom is 0.260 e. The molecule has 174 valence electrons. The van der Waals surface area contributed by atoms with Crippen LogP contribution in [0, 0.1) is 26.6 Å². The maximum atomic E-state index is 13.2. The Morgan fingerprint density at radius 2 is 1.82 bits per heavy atom. The fraction of sp³-hybridized carbons (Fsp3) is 0.217. The van der Waals surface area contributed by atoms with E-state index in [0.717, 1.165) is 33.2 Å². The fourth-order valence-corrected chi connectivity index (χ4v) is 4.67. The van der Waals surface area contributed by atoms with Crippen molar-refractivity contribution in [1.82, 2.24) is 9.99 Å². The van der Waals surface area contributed by atoms with Gasteiger partial charge in [0.25, 0.3) is 5.91 Å². The zero-order valence-corrected chi connectivity index (χ0v) is 20.2. The van der Waals surface area contributed by atoms with Gasteiger partial charge in [0.1, 0.15) is 12.4 Å². The zero-order chi connectivity index (χ0) is 24.3. The Morgan fingerprint density at radius 1 is 1.15 bits per heavy atom. The standard InChI is InChI=1S/C23H24ClFN4O3S/c1-15-11-19(24)5-10-22(15)28(33(4,31)32)14-23(30)27-26-13-18-12-16(2)29(17(18)3)21-8-6-20(25)7-9-21/h5-13H,14H2,1-4H3,(H,27,30). The van der Waals surface area contributed by atoms with Gasteiger partial charge >= 0.3 is 0 Å². The second kappa shape index (κ2) is 9.76. The van der Waals surface area contributed by atoms with Crippen LogP contribution >= 0.6 is 11.6 Å². The predicted octanol–water partition coefficient (Wildman–Crippen LogP) is 4.11. The van der Waals surface area contributed by atoms with Crippen molar-refractivity contribution in [3.05, 3.63) is 81.9 Å². The Kier molecular flexibility index (Phi) is 7.24. The number of amides is 1. The van der Waals surface area contributed by atoms with Crippen molar-refractivity contribution in [3.63, 3.8) is 0 Å². The Bertz CT molecular complexity index is 1320. The number of benzene rings is 2. The number of nitrogens with one attached hydrogen (secondary N) is 1. The minimum atomic E-state index is -3.72. The van der Waals surface area contributed by atoms with Crippen LogP contribution in [0.2, 0.25) is 5.02 Å². The zero-order valence-electron chi connectivity index (χ0n) is 18.6. The van der Waals surface area contributed by atoms with Gasteiger partial charge in [-0.25, -0.2) is 18.2 Å². The molecule has 3 aromatic rings. The summed E-state index contributed by atoms with van der Waals surface area (Å²) in [6.45, 7) is 5.07. The van der Waals surface area contributed by atoms with E-state index in [1.54, 1.807) is 37.3 Å². The third-order valence-corrected chi connectivity index (χ3v) is 6.42. The maximum absolute atomic E-state index is 13.2. The Morgan fingerprint density at radius 3 is 2.42 bits per heavy atom. The number of aryl methyl sites for hydroxylation is 2. The molecule has 1 N–H and O–H groups in total. The lowest BCUT2D eigenvalue weighted by Crippen LogP contribution is -2.39. The SMILES string of the molecule is Cc1cc(Cl)ccc1N(CC(=O)NN=Cc1cc(C)n(-c2ccc(F)cc2)c1C)S(C)(=O)=O. The third-order valence-electron chi connectivity index (χ3n) is 5.06. The van der Waals surface area contributed by atoms with Crippen LogP contribution in [0.4, 0.5) is 10.1 Å². The fourth-order valence-electron chi connectivity index (χ4n) is 3.53. The Labute approximate surface area is 197 Å². The summed E-state index contributed by atoms with van der Waals surface area (Å²) in [5.41, 5.74) is 6.69. The Balaban J connectivity index is 1.75. The predicted molar refractivity (Wildman–Crippen MR) is 129 cm³/mol. The molecule has 0 aliphatic heterocycles. The Hall–Kier alpha value is -3.17. The average Bonchev–Trinajstić information content (AvgIpc) is 3.00. The van der Waals surface area contributed by atoms with Crippen molar-refractivity contribution in [2.45, 2.75) is 20.8 Å². The molecular formula is C23H24ClFN4O3S. The number of anilines is 1. The molecule has 0 radical (unpaired) electrons. The number of hydrogen-bond donors (Lipinski definition) is 1. The highest BCUT2D eigenvalue weighted by Gasteiger charge is 2.22. The monoisotopic (exact) mass is 490 g/mol. The molecule has 33 heavy (non-hydrogen) atoms. The van der Waals surface area contributed by atoms with E-state index in [4.69, 9.17) is 11.6 Å². The summed E-state index contributed by atoms with van der Waals surface area (Å²) in [6.07, 6.45) is 2.51. The van der Waals surface area contributed by atoms with Gasteiger partial charge in [0, 0.05) is 27.7 Å². The van der Waals surface area contributed by atoms with Gasteiger partial charge in [-0.05, 0) is 74.9 Å². The molecule has 0 aliphatic carbocycles. The van der Waals surface area contributed by atoms with E-state index in [0.29, 0.717) is 16.3 Å². The van der Waals surface area contributed by atoms with Crippen molar-refractivity contribution in [1.29, 1.82) is 0 Å². The number of nitrogens with zero attached hydrogens (tertiary/aromatic N) is 3. The lowest BCUT2D eigenvalue weighted by atomic mass is 10.2. The van der Waals surface area contributed by atoms with Crippen LogP contribution in [0.3, 0.4) is 0 Å². The first-order valence-corrected chi connectivity index (χ1v) is 12.2. The first kappa shape index (κ1) is 24.5. The normalized spacial score (nSPS) is 11.7. The molecule has 0 fully saturated rings. The van der Waals surface area contributed by atoms with Crippen molar-refractivity contribution in [2.75, 3.05) is 17.1 Å². The van der Waals surface area contributed by atoms with Crippen molar-refractivity contribution < 1.29 is 17.6 Å². The summed E-state index contributed by atoms with van der Waals surface area (Å²) in [6, 6.07) is 12.8. The molecule has 0 atom stereocenters. The highest BCUT2D eigenvalue weighted by Crippen LogP contribution is 2.25. The molecular weight excluding hydrogens is 467 g/mol. The van der Waals surface area contributed by atoms with E-state index < -0.39 is 22.5 Å². The average molecular weight is 491 g/mol. The molecule has 0 bridgehead atoms. The number of carbonyl (C=O) groups is 1. The molecule has 0 saturated heterocycles. The van der Waals surface area contributed by atoms with Gasteiger partial charge in [0.15, 0.2) is 0 Å². The number of aromatic nitrogens is 1. The van der Waals surface area contributed by atoms with Gasteiger partial charge in [0.05, 0.1) is 18.2 Å². The number of sulfonamides is 1. The van der Waals surface area contributed by atoms with E-state index in [-0.39, 0.29) is 5.82 Å². The largest absolute Gasteiger partial charge is 0.318 e. The number of hydrogen-bond acceptors (Lipinski definition) is 4. The van der Waals surface area contributed by atoms with E-state index in [1.807, 2.05) is 24.5 Å². The lowest BCUT2D eigenvalue weighted by molar-refractivity contribution is -0.119. The number of rotatable bonds is 7. The number of carbonyl (C=O) groups excluding carboxylic acids is 1. The van der Waals surface area contributed by atoms with Gasteiger partial charge in [-0.3, -0.25) is 9.10 Å². The molecule has 0 unspecified atom stereocenters. The summed E-state index contributed by atoms with van der Waals surface area (Å²) in [7, 11) is -3.72. The minimum Gasteiger partial charge on any atom is -0.318 e. The molecule has 1 aromatic heterocycles. The van der Waals surface area contributed by atoms with Gasteiger partial charge in [0.2, 0.25) is 10.0 Å². The summed E-state index contributed by atoms with van der Waals surface area (Å²) in [5, 5.41) is 4.46. The van der Waals surface area contributed by atoms with Crippen molar-refractivity contribution in [2.24, 2.45) is 5.10 Å². The second-order valence-electron chi connectivity index (χ2n) is 7.63. The first-order chi connectivity index (χ1) is 15.5. The number of halogens is 2. The number of hydrazone groups is 1. The molecule has 0 saturated carbocycles. The molecule has 1 heterocycles. The molecule has 0 aliphatic rings. The molecule has 3 rings (SSSR count). The van der Waals surface area contributed by atoms with Gasteiger partial charge < -0.3 is 4.57 Å². The van der Waals surface area contributed by atoms with Crippen LogP contribution in [-0.2, 0) is 14.8 Å².